The molecule has 6 heteroatoms. The van der Waals surface area contributed by atoms with E-state index in [1.54, 1.807) is 0 Å². The molecule has 0 atom stereocenters. The Hall–Kier alpha value is -3.38. The zero-order valence-electron chi connectivity index (χ0n) is 15.2. The summed E-state index contributed by atoms with van der Waals surface area (Å²) in [6, 6.07) is 22.2. The summed E-state index contributed by atoms with van der Waals surface area (Å²) >= 11 is 1.23. The second-order valence-corrected chi connectivity index (χ2v) is 7.47. The van der Waals surface area contributed by atoms with Gasteiger partial charge in [-0.2, -0.15) is 0 Å². The molecular weight excluding hydrogens is 368 g/mol. The van der Waals surface area contributed by atoms with E-state index in [1.807, 2.05) is 54.6 Å². The Morgan fingerprint density at radius 3 is 2.39 bits per heavy atom. The van der Waals surface area contributed by atoms with E-state index < -0.39 is 5.91 Å². The molecule has 0 aliphatic heterocycles. The molecule has 2 aromatic heterocycles. The molecule has 0 radical (unpaired) electrons. The van der Waals surface area contributed by atoms with Crippen LogP contribution in [-0.4, -0.2) is 17.4 Å². The molecule has 0 aliphatic rings. The van der Waals surface area contributed by atoms with E-state index in [4.69, 9.17) is 11.5 Å². The molecule has 0 bridgehead atoms. The number of nitrogens with zero attached hydrogens (tertiary/aromatic N) is 1. The van der Waals surface area contributed by atoms with E-state index in [0.717, 1.165) is 35.3 Å². The van der Waals surface area contributed by atoms with Gasteiger partial charge in [-0.15, -0.1) is 11.3 Å². The van der Waals surface area contributed by atoms with Gasteiger partial charge in [-0.25, -0.2) is 4.98 Å². The minimum absolute atomic E-state index is 0.348. The van der Waals surface area contributed by atoms with Crippen LogP contribution in [0.3, 0.4) is 0 Å². The lowest BCUT2D eigenvalue weighted by atomic mass is 10.0. The fraction of sp³-hybridized carbons (Fsp3) is 0.0909. The quantitative estimate of drug-likeness (QED) is 0.459. The highest BCUT2D eigenvalue weighted by Crippen LogP contribution is 2.40. The molecule has 5 N–H and O–H groups in total. The largest absolute Gasteiger partial charge is 0.397 e. The first-order chi connectivity index (χ1) is 13.6. The number of amides is 1. The number of pyridine rings is 1. The van der Waals surface area contributed by atoms with Crippen molar-refractivity contribution in [3.8, 4) is 11.1 Å². The zero-order chi connectivity index (χ0) is 19.5. The number of benzene rings is 2. The normalized spacial score (nSPS) is 10.9. The number of nitrogen functional groups attached to an aromatic ring is 1. The predicted octanol–water partition coefficient (Wildman–Crippen LogP) is 4.30. The summed E-state index contributed by atoms with van der Waals surface area (Å²) in [5.74, 6) is 0.220. The maximum atomic E-state index is 11.8. The van der Waals surface area contributed by atoms with Gasteiger partial charge in [0.15, 0.2) is 0 Å². The molecule has 0 saturated carbocycles. The summed E-state index contributed by atoms with van der Waals surface area (Å²) in [6.45, 7) is 0.750. The SMILES string of the molecule is NC(=O)c1sc2nc(NCCc3ccccc3)cc(-c3ccccc3)c2c1N. The van der Waals surface area contributed by atoms with Crippen molar-refractivity contribution >= 4 is 39.0 Å². The molecule has 0 unspecified atom stereocenters. The number of thiophene rings is 1. The van der Waals surface area contributed by atoms with Crippen LogP contribution in [0.1, 0.15) is 15.2 Å². The Bertz CT molecular complexity index is 1120. The lowest BCUT2D eigenvalue weighted by Gasteiger charge is -2.10. The van der Waals surface area contributed by atoms with E-state index in [1.165, 1.54) is 16.9 Å². The number of anilines is 2. The van der Waals surface area contributed by atoms with Crippen molar-refractivity contribution in [2.45, 2.75) is 6.42 Å². The Kier molecular flexibility index (Phi) is 4.95. The maximum Gasteiger partial charge on any atom is 0.260 e. The molecule has 0 aliphatic carbocycles. The lowest BCUT2D eigenvalue weighted by Crippen LogP contribution is -2.10. The third-order valence-electron chi connectivity index (χ3n) is 4.57. The van der Waals surface area contributed by atoms with Crippen molar-refractivity contribution in [2.24, 2.45) is 5.73 Å². The third kappa shape index (κ3) is 3.54. The summed E-state index contributed by atoms with van der Waals surface area (Å²) in [6.07, 6.45) is 0.889. The fourth-order valence-corrected chi connectivity index (χ4v) is 4.19. The highest BCUT2D eigenvalue weighted by molar-refractivity contribution is 7.21. The third-order valence-corrected chi connectivity index (χ3v) is 5.68. The molecule has 140 valence electrons. The van der Waals surface area contributed by atoms with Crippen LogP contribution < -0.4 is 16.8 Å². The highest BCUT2D eigenvalue weighted by Gasteiger charge is 2.19. The van der Waals surface area contributed by atoms with Crippen LogP contribution in [0.4, 0.5) is 11.5 Å². The van der Waals surface area contributed by atoms with Crippen molar-refractivity contribution in [2.75, 3.05) is 17.6 Å². The van der Waals surface area contributed by atoms with Crippen molar-refractivity contribution < 1.29 is 4.79 Å². The topological polar surface area (TPSA) is 94.0 Å². The molecule has 4 rings (SSSR count). The smallest absolute Gasteiger partial charge is 0.260 e. The van der Waals surface area contributed by atoms with E-state index in [9.17, 15) is 4.79 Å². The minimum Gasteiger partial charge on any atom is -0.397 e. The molecular formula is C22H20N4OS. The molecule has 1 amide bonds. The molecule has 0 fully saturated rings. The van der Waals surface area contributed by atoms with E-state index >= 15 is 0 Å². The second-order valence-electron chi connectivity index (χ2n) is 6.47. The molecule has 28 heavy (non-hydrogen) atoms. The van der Waals surface area contributed by atoms with Crippen LogP contribution in [0, 0.1) is 0 Å². The fourth-order valence-electron chi connectivity index (χ4n) is 3.22. The van der Waals surface area contributed by atoms with Gasteiger partial charge in [0.25, 0.3) is 5.91 Å². The Morgan fingerprint density at radius 1 is 1.04 bits per heavy atom. The molecule has 2 aromatic carbocycles. The number of rotatable bonds is 6. The number of nitrogens with two attached hydrogens (primary N) is 2. The maximum absolute atomic E-state index is 11.8. The van der Waals surface area contributed by atoms with Crippen LogP contribution in [0.5, 0.6) is 0 Å². The monoisotopic (exact) mass is 388 g/mol. The van der Waals surface area contributed by atoms with Gasteiger partial charge in [0.1, 0.15) is 15.5 Å². The second kappa shape index (κ2) is 7.70. The predicted molar refractivity (Wildman–Crippen MR) is 117 cm³/mol. The number of aromatic nitrogens is 1. The summed E-state index contributed by atoms with van der Waals surface area (Å²) in [4.78, 5) is 17.5. The Morgan fingerprint density at radius 2 is 1.71 bits per heavy atom. The van der Waals surface area contributed by atoms with Crippen LogP contribution in [0.2, 0.25) is 0 Å². The summed E-state index contributed by atoms with van der Waals surface area (Å²) in [5, 5.41) is 4.17. The van der Waals surface area contributed by atoms with Crippen molar-refractivity contribution in [1.82, 2.24) is 4.98 Å². The number of carbonyl (C=O) groups excluding carboxylic acids is 1. The number of hydrogen-bond donors (Lipinski definition) is 3. The standard InChI is InChI=1S/C22H20N4OS/c23-19-18-16(15-9-5-2-6-10-15)13-17(26-22(18)28-20(19)21(24)27)25-12-11-14-7-3-1-4-8-14/h1-10,13H,11-12,23H2,(H2,24,27)(H,25,26). The van der Waals surface area contributed by atoms with Crippen LogP contribution in [-0.2, 0) is 6.42 Å². The number of carbonyl (C=O) groups is 1. The van der Waals surface area contributed by atoms with Gasteiger partial charge >= 0.3 is 0 Å². The Labute approximate surface area is 167 Å². The first kappa shape index (κ1) is 18.0. The van der Waals surface area contributed by atoms with Crippen molar-refractivity contribution in [1.29, 1.82) is 0 Å². The molecule has 0 saturated heterocycles. The van der Waals surface area contributed by atoms with Crippen LogP contribution >= 0.6 is 11.3 Å². The Balaban J connectivity index is 1.72. The van der Waals surface area contributed by atoms with Gasteiger partial charge in [-0.05, 0) is 29.2 Å². The molecule has 5 nitrogen and oxygen atoms in total. The average Bonchev–Trinajstić information content (AvgIpc) is 3.06. The first-order valence-electron chi connectivity index (χ1n) is 8.99. The molecule has 0 spiro atoms. The van der Waals surface area contributed by atoms with Gasteiger partial charge in [0, 0.05) is 11.9 Å². The lowest BCUT2D eigenvalue weighted by molar-refractivity contribution is 0.100. The van der Waals surface area contributed by atoms with Gasteiger partial charge in [0.05, 0.1) is 5.69 Å². The van der Waals surface area contributed by atoms with Gasteiger partial charge in [-0.1, -0.05) is 60.7 Å². The average molecular weight is 388 g/mol. The minimum atomic E-state index is -0.530. The number of primary amides is 1. The highest BCUT2D eigenvalue weighted by atomic mass is 32.1. The van der Waals surface area contributed by atoms with Gasteiger partial charge < -0.3 is 16.8 Å². The van der Waals surface area contributed by atoms with Gasteiger partial charge in [0.2, 0.25) is 0 Å². The number of nitrogens with one attached hydrogen (secondary N) is 1. The molecule has 2 heterocycles. The summed E-state index contributed by atoms with van der Waals surface area (Å²) < 4.78 is 0. The van der Waals surface area contributed by atoms with E-state index in [0.29, 0.717) is 15.4 Å². The van der Waals surface area contributed by atoms with E-state index in [-0.39, 0.29) is 0 Å². The zero-order valence-corrected chi connectivity index (χ0v) is 16.0. The van der Waals surface area contributed by atoms with E-state index in [2.05, 4.69) is 22.4 Å². The first-order valence-corrected chi connectivity index (χ1v) is 9.81. The summed E-state index contributed by atoms with van der Waals surface area (Å²) in [7, 11) is 0. The van der Waals surface area contributed by atoms with Gasteiger partial charge in [-0.3, -0.25) is 4.79 Å². The van der Waals surface area contributed by atoms with Crippen molar-refractivity contribution in [3.63, 3.8) is 0 Å². The van der Waals surface area contributed by atoms with Crippen molar-refractivity contribution in [3.05, 3.63) is 77.2 Å². The number of hydrogen-bond acceptors (Lipinski definition) is 5. The molecule has 4 aromatic rings. The van der Waals surface area contributed by atoms with Crippen LogP contribution in [0.15, 0.2) is 66.7 Å². The summed E-state index contributed by atoms with van der Waals surface area (Å²) in [5.41, 5.74) is 15.4. The number of fused-ring (bicyclic) bond motifs is 1. The van der Waals surface area contributed by atoms with Crippen LogP contribution in [0.25, 0.3) is 21.3 Å².